The molecule has 0 saturated heterocycles. The molecule has 0 aliphatic carbocycles. The fourth-order valence-corrected chi connectivity index (χ4v) is 4.12. The van der Waals surface area contributed by atoms with E-state index in [0.29, 0.717) is 15.9 Å². The van der Waals surface area contributed by atoms with Gasteiger partial charge in [0, 0.05) is 11.7 Å². The van der Waals surface area contributed by atoms with Gasteiger partial charge in [-0.3, -0.25) is 9.59 Å². The van der Waals surface area contributed by atoms with Crippen molar-refractivity contribution in [2.24, 2.45) is 0 Å². The summed E-state index contributed by atoms with van der Waals surface area (Å²) in [5.41, 5.74) is 0.661. The van der Waals surface area contributed by atoms with Crippen LogP contribution in [0.15, 0.2) is 36.5 Å². The maximum Gasteiger partial charge on any atom is 0.455 e. The van der Waals surface area contributed by atoms with E-state index in [1.54, 1.807) is 46.8 Å². The predicted octanol–water partition coefficient (Wildman–Crippen LogP) is 4.12. The van der Waals surface area contributed by atoms with Crippen LogP contribution in [-0.2, 0) is 12.7 Å². The molecule has 16 heteroatoms. The van der Waals surface area contributed by atoms with Crippen LogP contribution in [0, 0.1) is 6.92 Å². The molecule has 1 unspecified atom stereocenters. The number of alkyl halides is 3. The van der Waals surface area contributed by atoms with E-state index in [4.69, 9.17) is 11.6 Å². The molecule has 42 heavy (non-hydrogen) atoms. The van der Waals surface area contributed by atoms with Gasteiger partial charge in [-0.1, -0.05) is 17.7 Å². The Morgan fingerprint density at radius 3 is 2.43 bits per heavy atom. The van der Waals surface area contributed by atoms with Crippen LogP contribution in [-0.4, -0.2) is 57.4 Å². The Morgan fingerprint density at radius 1 is 1.12 bits per heavy atom. The minimum Gasteiger partial charge on any atom is -0.389 e. The molecular formula is C26H27ClF3N9O3. The Balaban J connectivity index is 1.77. The maximum absolute atomic E-state index is 13.7. The predicted molar refractivity (Wildman–Crippen MR) is 145 cm³/mol. The number of amides is 2. The molecule has 3 N–H and O–H groups in total. The molecule has 4 aromatic rings. The Morgan fingerprint density at radius 2 is 1.83 bits per heavy atom. The molecule has 0 spiro atoms. The first-order valence-corrected chi connectivity index (χ1v) is 12.9. The molecule has 2 amide bonds. The zero-order valence-corrected chi connectivity index (χ0v) is 23.9. The summed E-state index contributed by atoms with van der Waals surface area (Å²) >= 11 is 6.32. The van der Waals surface area contributed by atoms with Gasteiger partial charge in [0.1, 0.15) is 12.2 Å². The van der Waals surface area contributed by atoms with Crippen molar-refractivity contribution in [3.05, 3.63) is 75.5 Å². The third kappa shape index (κ3) is 6.91. The van der Waals surface area contributed by atoms with Gasteiger partial charge < -0.3 is 15.7 Å². The minimum atomic E-state index is -4.79. The van der Waals surface area contributed by atoms with E-state index in [-0.39, 0.29) is 40.0 Å². The van der Waals surface area contributed by atoms with Crippen molar-refractivity contribution in [3.63, 3.8) is 0 Å². The topological polar surface area (TPSA) is 153 Å². The third-order valence-electron chi connectivity index (χ3n) is 5.75. The fraction of sp³-hybridized carbons (Fsp3) is 0.346. The van der Waals surface area contributed by atoms with Gasteiger partial charge in [-0.2, -0.15) is 23.1 Å². The minimum absolute atomic E-state index is 0.0740. The van der Waals surface area contributed by atoms with Crippen LogP contribution in [0.4, 0.5) is 18.9 Å². The number of halogens is 4. The standard InChI is InChI=1S/C26H27ClF3N9O3/c1-13-9-15(14(2)40)10-17(22(41)33-25(3,4)5)20(13)32-23(42)19-11-16(12-38-36-24(34-37-38)26(28,29)30)35-39(19)21-18(27)7-6-8-31-21/h6-11,14,40H,12H2,1-5H3,(H,32,42)(H,33,41). The summed E-state index contributed by atoms with van der Waals surface area (Å²) in [4.78, 5) is 31.8. The molecule has 12 nitrogen and oxygen atoms in total. The molecule has 0 bridgehead atoms. The van der Waals surface area contributed by atoms with E-state index in [0.717, 1.165) is 4.68 Å². The van der Waals surface area contributed by atoms with Crippen molar-refractivity contribution in [1.82, 2.24) is 40.3 Å². The first-order chi connectivity index (χ1) is 19.5. The number of benzene rings is 1. The van der Waals surface area contributed by atoms with E-state index >= 15 is 0 Å². The SMILES string of the molecule is Cc1cc(C(C)O)cc(C(=O)NC(C)(C)C)c1NC(=O)c1cc(Cn2nnc(C(F)(F)F)n2)nn1-c1ncccc1Cl. The van der Waals surface area contributed by atoms with Crippen molar-refractivity contribution in [2.75, 3.05) is 5.32 Å². The Hall–Kier alpha value is -4.37. The third-order valence-corrected chi connectivity index (χ3v) is 6.05. The molecule has 4 rings (SSSR count). The highest BCUT2D eigenvalue weighted by Crippen LogP contribution is 2.29. The summed E-state index contributed by atoms with van der Waals surface area (Å²) in [7, 11) is 0. The fourth-order valence-electron chi connectivity index (χ4n) is 3.92. The molecule has 0 radical (unpaired) electrons. The van der Waals surface area contributed by atoms with E-state index in [1.165, 1.54) is 24.4 Å². The van der Waals surface area contributed by atoms with Crippen molar-refractivity contribution in [1.29, 1.82) is 0 Å². The van der Waals surface area contributed by atoms with E-state index in [9.17, 15) is 27.9 Å². The van der Waals surface area contributed by atoms with Crippen molar-refractivity contribution in [3.8, 4) is 5.82 Å². The summed E-state index contributed by atoms with van der Waals surface area (Å²) in [6, 6.07) is 7.53. The molecular weight excluding hydrogens is 579 g/mol. The number of anilines is 1. The van der Waals surface area contributed by atoms with Gasteiger partial charge in [-0.15, -0.1) is 10.2 Å². The number of hydrogen-bond acceptors (Lipinski definition) is 8. The first kappa shape index (κ1) is 30.6. The quantitative estimate of drug-likeness (QED) is 0.284. The van der Waals surface area contributed by atoms with Gasteiger partial charge in [0.2, 0.25) is 0 Å². The Kier molecular flexibility index (Phi) is 8.36. The number of carbonyl (C=O) groups is 2. The van der Waals surface area contributed by atoms with Crippen molar-refractivity contribution >= 4 is 29.1 Å². The lowest BCUT2D eigenvalue weighted by Crippen LogP contribution is -2.41. The van der Waals surface area contributed by atoms with Gasteiger partial charge in [0.05, 0.1) is 28.1 Å². The van der Waals surface area contributed by atoms with E-state index in [2.05, 4.69) is 36.1 Å². The molecule has 0 aliphatic heterocycles. The van der Waals surface area contributed by atoms with Crippen LogP contribution >= 0.6 is 11.6 Å². The lowest BCUT2D eigenvalue weighted by atomic mass is 9.98. The van der Waals surface area contributed by atoms with E-state index in [1.807, 2.05) is 0 Å². The van der Waals surface area contributed by atoms with Crippen LogP contribution < -0.4 is 10.6 Å². The van der Waals surface area contributed by atoms with Gasteiger partial charge >= 0.3 is 6.18 Å². The number of tetrazole rings is 1. The van der Waals surface area contributed by atoms with Crippen LogP contribution in [0.1, 0.15) is 77.3 Å². The van der Waals surface area contributed by atoms with Crippen molar-refractivity contribution in [2.45, 2.75) is 59.0 Å². The Bertz CT molecular complexity index is 1640. The normalized spacial score (nSPS) is 12.7. The van der Waals surface area contributed by atoms with Gasteiger partial charge in [-0.05, 0) is 75.2 Å². The second-order valence-electron chi connectivity index (χ2n) is 10.5. The number of aliphatic hydroxyl groups is 1. The Labute approximate surface area is 242 Å². The van der Waals surface area contributed by atoms with Gasteiger partial charge in [0.25, 0.3) is 17.6 Å². The molecule has 0 aliphatic rings. The van der Waals surface area contributed by atoms with E-state index < -0.39 is 35.5 Å². The number of pyridine rings is 1. The molecule has 0 fully saturated rings. The average molecular weight is 606 g/mol. The maximum atomic E-state index is 13.7. The molecule has 0 saturated carbocycles. The number of rotatable bonds is 7. The number of hydrogen-bond donors (Lipinski definition) is 3. The molecule has 3 aromatic heterocycles. The summed E-state index contributed by atoms with van der Waals surface area (Å²) in [5.74, 6) is -2.56. The smallest absolute Gasteiger partial charge is 0.389 e. The van der Waals surface area contributed by atoms with Crippen LogP contribution in [0.5, 0.6) is 0 Å². The second kappa shape index (κ2) is 11.5. The number of nitrogens with zero attached hydrogens (tertiary/aromatic N) is 7. The first-order valence-electron chi connectivity index (χ1n) is 12.5. The van der Waals surface area contributed by atoms with Gasteiger partial charge in [0.15, 0.2) is 5.82 Å². The van der Waals surface area contributed by atoms with Crippen LogP contribution in [0.25, 0.3) is 5.82 Å². The zero-order valence-electron chi connectivity index (χ0n) is 23.2. The number of aryl methyl sites for hydroxylation is 1. The highest BCUT2D eigenvalue weighted by atomic mass is 35.5. The number of aromatic nitrogens is 7. The van der Waals surface area contributed by atoms with Crippen LogP contribution in [0.3, 0.4) is 0 Å². The lowest BCUT2D eigenvalue weighted by molar-refractivity contribution is -0.145. The molecule has 1 atom stereocenters. The highest BCUT2D eigenvalue weighted by molar-refractivity contribution is 6.32. The van der Waals surface area contributed by atoms with Crippen LogP contribution in [0.2, 0.25) is 5.02 Å². The highest BCUT2D eigenvalue weighted by Gasteiger charge is 2.37. The number of nitrogens with one attached hydrogen (secondary N) is 2. The summed E-state index contributed by atoms with van der Waals surface area (Å²) in [6.07, 6.45) is -4.25. The average Bonchev–Trinajstić information content (AvgIpc) is 3.52. The molecule has 3 heterocycles. The van der Waals surface area contributed by atoms with Gasteiger partial charge in [-0.25, -0.2) is 9.67 Å². The molecule has 222 valence electrons. The zero-order chi connectivity index (χ0) is 31.0. The number of carbonyl (C=O) groups excluding carboxylic acids is 2. The summed E-state index contributed by atoms with van der Waals surface area (Å²) in [6.45, 7) is 8.26. The van der Waals surface area contributed by atoms with Crippen molar-refractivity contribution < 1.29 is 27.9 Å². The summed E-state index contributed by atoms with van der Waals surface area (Å²) in [5, 5.41) is 30.0. The largest absolute Gasteiger partial charge is 0.455 e. The monoisotopic (exact) mass is 605 g/mol. The number of aliphatic hydroxyl groups excluding tert-OH is 1. The summed E-state index contributed by atoms with van der Waals surface area (Å²) < 4.78 is 40.0. The molecule has 1 aromatic carbocycles. The second-order valence-corrected chi connectivity index (χ2v) is 10.9. The lowest BCUT2D eigenvalue weighted by Gasteiger charge is -2.23.